The van der Waals surface area contributed by atoms with Gasteiger partial charge in [-0.2, -0.15) is 0 Å². The Morgan fingerprint density at radius 2 is 1.70 bits per heavy atom. The zero-order valence-corrected chi connectivity index (χ0v) is 28.4. The molecule has 252 valence electrons. The molecule has 1 heterocycles. The minimum atomic E-state index is -0.808. The third kappa shape index (κ3) is 13.4. The van der Waals surface area contributed by atoms with Crippen LogP contribution in [-0.4, -0.2) is 80.5 Å². The second-order valence-electron chi connectivity index (χ2n) is 13.3. The number of nitrogens with two attached hydrogens (primary N) is 1. The van der Waals surface area contributed by atoms with Crippen LogP contribution in [0.5, 0.6) is 5.75 Å². The number of nitrogens with zero attached hydrogens (tertiary/aromatic N) is 1. The molecule has 1 saturated heterocycles. The number of methoxy groups -OCH3 is 1. The monoisotopic (exact) mass is 618 g/mol. The van der Waals surface area contributed by atoms with Gasteiger partial charge in [0.25, 0.3) is 5.91 Å². The average Bonchev–Trinajstić information content (AvgIpc) is 3.50. The third-order valence-corrected chi connectivity index (χ3v) is 8.90. The van der Waals surface area contributed by atoms with Crippen molar-refractivity contribution in [3.05, 3.63) is 29.3 Å². The number of hydrogen-bond acceptors (Lipinski definition) is 7. The number of nitrogens with one attached hydrogen (secondary N) is 2. The number of benzene rings is 1. The highest BCUT2D eigenvalue weighted by molar-refractivity contribution is 5.97. The fraction of sp³-hybridized carbons (Fsp3) is 0.771. The maximum Gasteiger partial charge on any atom is 0.255 e. The van der Waals surface area contributed by atoms with Crippen LogP contribution in [0.1, 0.15) is 102 Å². The molecule has 44 heavy (non-hydrogen) atoms. The van der Waals surface area contributed by atoms with Crippen LogP contribution in [0, 0.1) is 23.7 Å². The first-order valence-corrected chi connectivity index (χ1v) is 17.0. The topological polar surface area (TPSA) is 126 Å². The molecule has 0 aromatic heterocycles. The molecule has 0 spiro atoms. The number of carbonyl (C=O) groups is 2. The SMILES string of the molecule is CCCCNC(=O)[C@@H](C[C@H](O)[C@@H](N)C[C@H](CNC(=O)c1ccc(CN2CCCC2)cc1OCCCCOC)C(C)C)C(C)C. The van der Waals surface area contributed by atoms with E-state index in [1.807, 2.05) is 32.0 Å². The van der Waals surface area contributed by atoms with Crippen molar-refractivity contribution in [1.82, 2.24) is 15.5 Å². The number of hydrogen-bond donors (Lipinski definition) is 4. The molecular formula is C35H62N4O5. The van der Waals surface area contributed by atoms with Gasteiger partial charge in [0.1, 0.15) is 5.75 Å². The van der Waals surface area contributed by atoms with Gasteiger partial charge in [0, 0.05) is 45.3 Å². The predicted molar refractivity (Wildman–Crippen MR) is 178 cm³/mol. The van der Waals surface area contributed by atoms with E-state index in [0.29, 0.717) is 50.5 Å². The Labute approximate surface area is 267 Å². The van der Waals surface area contributed by atoms with Crippen LogP contribution in [0.3, 0.4) is 0 Å². The Hall–Kier alpha value is -2.20. The molecule has 9 heteroatoms. The molecule has 0 unspecified atom stereocenters. The lowest BCUT2D eigenvalue weighted by Gasteiger charge is -2.30. The van der Waals surface area contributed by atoms with Crippen molar-refractivity contribution in [2.75, 3.05) is 46.5 Å². The smallest absolute Gasteiger partial charge is 0.255 e. The van der Waals surface area contributed by atoms with Gasteiger partial charge in [0.2, 0.25) is 5.91 Å². The lowest BCUT2D eigenvalue weighted by Crippen LogP contribution is -2.44. The Morgan fingerprint density at radius 3 is 2.34 bits per heavy atom. The minimum Gasteiger partial charge on any atom is -0.493 e. The standard InChI is InChI=1S/C35H62N4O5/c1-7-8-15-37-35(42)30(26(4)5)22-32(40)31(36)21-28(25(2)3)23-38-34(41)29-14-13-27(24-39-16-9-10-17-39)20-33(29)44-19-12-11-18-43-6/h13-14,20,25-26,28,30-32,40H,7-12,15-19,21-24,36H2,1-6H3,(H,37,42)(H,38,41)/t28-,30+,31+,32+/m1/s1. The summed E-state index contributed by atoms with van der Waals surface area (Å²) in [6.07, 6.45) is 6.21. The second kappa shape index (κ2) is 20.8. The normalized spacial score (nSPS) is 16.6. The molecule has 1 aliphatic rings. The summed E-state index contributed by atoms with van der Waals surface area (Å²) in [5.74, 6) is 0.520. The van der Waals surface area contributed by atoms with Gasteiger partial charge in [-0.1, -0.05) is 47.1 Å². The highest BCUT2D eigenvalue weighted by Crippen LogP contribution is 2.25. The molecule has 1 fully saturated rings. The van der Waals surface area contributed by atoms with Crippen molar-refractivity contribution in [2.24, 2.45) is 29.4 Å². The number of carbonyl (C=O) groups excluding carboxylic acids is 2. The van der Waals surface area contributed by atoms with Crippen LogP contribution in [0.15, 0.2) is 18.2 Å². The van der Waals surface area contributed by atoms with E-state index >= 15 is 0 Å². The van der Waals surface area contributed by atoms with Gasteiger partial charge in [0.05, 0.1) is 18.3 Å². The molecule has 5 N–H and O–H groups in total. The summed E-state index contributed by atoms with van der Waals surface area (Å²) in [6.45, 7) is 15.7. The van der Waals surface area contributed by atoms with Gasteiger partial charge in [-0.25, -0.2) is 0 Å². The van der Waals surface area contributed by atoms with Gasteiger partial charge in [-0.15, -0.1) is 0 Å². The Bertz CT molecular complexity index is 966. The van der Waals surface area contributed by atoms with Crippen LogP contribution in [0.2, 0.25) is 0 Å². The van der Waals surface area contributed by atoms with Gasteiger partial charge in [-0.05, 0) is 93.5 Å². The van der Waals surface area contributed by atoms with E-state index in [4.69, 9.17) is 15.2 Å². The summed E-state index contributed by atoms with van der Waals surface area (Å²) < 4.78 is 11.3. The molecule has 0 bridgehead atoms. The van der Waals surface area contributed by atoms with Gasteiger partial charge in [0.15, 0.2) is 0 Å². The van der Waals surface area contributed by atoms with Crippen LogP contribution in [0.4, 0.5) is 0 Å². The van der Waals surface area contributed by atoms with E-state index in [9.17, 15) is 14.7 Å². The summed E-state index contributed by atoms with van der Waals surface area (Å²) >= 11 is 0. The number of unbranched alkanes of at least 4 members (excludes halogenated alkanes) is 2. The summed E-state index contributed by atoms with van der Waals surface area (Å²) in [4.78, 5) is 28.7. The van der Waals surface area contributed by atoms with Crippen LogP contribution in [-0.2, 0) is 16.1 Å². The van der Waals surface area contributed by atoms with E-state index in [0.717, 1.165) is 50.9 Å². The third-order valence-electron chi connectivity index (χ3n) is 8.90. The molecular weight excluding hydrogens is 556 g/mol. The fourth-order valence-electron chi connectivity index (χ4n) is 5.75. The summed E-state index contributed by atoms with van der Waals surface area (Å²) in [6, 6.07) is 5.42. The first-order valence-electron chi connectivity index (χ1n) is 17.0. The molecule has 4 atom stereocenters. The van der Waals surface area contributed by atoms with Crippen molar-refractivity contribution in [3.63, 3.8) is 0 Å². The van der Waals surface area contributed by atoms with Crippen LogP contribution >= 0.6 is 0 Å². The van der Waals surface area contributed by atoms with E-state index in [1.54, 1.807) is 7.11 Å². The Morgan fingerprint density at radius 1 is 1.00 bits per heavy atom. The average molecular weight is 619 g/mol. The molecule has 1 aromatic carbocycles. The van der Waals surface area contributed by atoms with Gasteiger partial charge >= 0.3 is 0 Å². The Balaban J connectivity index is 2.03. The number of rotatable bonds is 22. The van der Waals surface area contributed by atoms with Gasteiger partial charge < -0.3 is 30.9 Å². The molecule has 1 aromatic rings. The number of likely N-dealkylation sites (tertiary alicyclic amines) is 1. The largest absolute Gasteiger partial charge is 0.493 e. The lowest BCUT2D eigenvalue weighted by atomic mass is 9.83. The van der Waals surface area contributed by atoms with Crippen LogP contribution < -0.4 is 21.1 Å². The number of amides is 2. The van der Waals surface area contributed by atoms with E-state index in [2.05, 4.69) is 36.3 Å². The number of aliphatic hydroxyl groups excluding tert-OH is 1. The van der Waals surface area contributed by atoms with E-state index in [-0.39, 0.29) is 35.5 Å². The Kier molecular flexibility index (Phi) is 17.9. The summed E-state index contributed by atoms with van der Waals surface area (Å²) in [7, 11) is 1.69. The predicted octanol–water partition coefficient (Wildman–Crippen LogP) is 4.75. The molecule has 2 amide bonds. The minimum absolute atomic E-state index is 0.0180. The fourth-order valence-corrected chi connectivity index (χ4v) is 5.75. The first kappa shape index (κ1) is 38.0. The molecule has 0 aliphatic carbocycles. The molecule has 1 aliphatic heterocycles. The quantitative estimate of drug-likeness (QED) is 0.138. The van der Waals surface area contributed by atoms with Crippen molar-refractivity contribution in [3.8, 4) is 5.75 Å². The first-order chi connectivity index (χ1) is 21.1. The lowest BCUT2D eigenvalue weighted by molar-refractivity contribution is -0.127. The van der Waals surface area contributed by atoms with Crippen molar-refractivity contribution in [2.45, 2.75) is 105 Å². The van der Waals surface area contributed by atoms with E-state index in [1.165, 1.54) is 12.8 Å². The zero-order chi connectivity index (χ0) is 32.5. The maximum atomic E-state index is 13.5. The van der Waals surface area contributed by atoms with Crippen molar-refractivity contribution >= 4 is 11.8 Å². The van der Waals surface area contributed by atoms with Crippen molar-refractivity contribution in [1.29, 1.82) is 0 Å². The highest BCUT2D eigenvalue weighted by atomic mass is 16.5. The number of aliphatic hydroxyl groups is 1. The maximum absolute atomic E-state index is 13.5. The zero-order valence-electron chi connectivity index (χ0n) is 28.4. The highest BCUT2D eigenvalue weighted by Gasteiger charge is 2.30. The summed E-state index contributed by atoms with van der Waals surface area (Å²) in [5.41, 5.74) is 8.19. The molecule has 0 radical (unpaired) electrons. The summed E-state index contributed by atoms with van der Waals surface area (Å²) in [5, 5.41) is 17.2. The van der Waals surface area contributed by atoms with E-state index < -0.39 is 12.1 Å². The molecule has 9 nitrogen and oxygen atoms in total. The van der Waals surface area contributed by atoms with Gasteiger partial charge in [-0.3, -0.25) is 14.5 Å². The number of ether oxygens (including phenoxy) is 2. The molecule has 0 saturated carbocycles. The molecule has 2 rings (SSSR count). The van der Waals surface area contributed by atoms with Crippen LogP contribution in [0.25, 0.3) is 0 Å². The van der Waals surface area contributed by atoms with Crippen molar-refractivity contribution < 1.29 is 24.2 Å². The second-order valence-corrected chi connectivity index (χ2v) is 13.3.